The molecule has 25 heavy (non-hydrogen) atoms. The van der Waals surface area contributed by atoms with Gasteiger partial charge in [-0.2, -0.15) is 0 Å². The topological polar surface area (TPSA) is 47.6 Å². The predicted octanol–water partition coefficient (Wildman–Crippen LogP) is 4.51. The van der Waals surface area contributed by atoms with Gasteiger partial charge in [-0.25, -0.2) is 4.39 Å². The summed E-state index contributed by atoms with van der Waals surface area (Å²) in [6.45, 7) is 2.75. The lowest BCUT2D eigenvalue weighted by Crippen LogP contribution is -2.23. The van der Waals surface area contributed by atoms with E-state index in [1.165, 1.54) is 23.9 Å². The molecule has 0 aliphatic carbocycles. The Balaban J connectivity index is 1.60. The molecule has 2 aromatic rings. The highest BCUT2D eigenvalue weighted by Gasteiger charge is 2.19. The van der Waals surface area contributed by atoms with Crippen molar-refractivity contribution >= 4 is 35.0 Å². The summed E-state index contributed by atoms with van der Waals surface area (Å²) in [4.78, 5) is 12.2. The number of ether oxygens (including phenoxy) is 2. The summed E-state index contributed by atoms with van der Waals surface area (Å²) < 4.78 is 24.6. The van der Waals surface area contributed by atoms with E-state index in [4.69, 9.17) is 21.1 Å². The van der Waals surface area contributed by atoms with Crippen LogP contribution in [0.15, 0.2) is 36.4 Å². The van der Waals surface area contributed by atoms with Crippen molar-refractivity contribution in [1.82, 2.24) is 0 Å². The smallest absolute Gasteiger partial charge is 0.237 e. The van der Waals surface area contributed by atoms with Gasteiger partial charge in [0.1, 0.15) is 19.0 Å². The molecule has 0 spiro atoms. The number of hydrogen-bond donors (Lipinski definition) is 1. The van der Waals surface area contributed by atoms with Crippen molar-refractivity contribution in [3.63, 3.8) is 0 Å². The number of carbonyl (C=O) groups excluding carboxylic acids is 1. The maximum Gasteiger partial charge on any atom is 0.237 e. The molecule has 0 bridgehead atoms. The number of para-hydroxylation sites is 1. The Labute approximate surface area is 154 Å². The zero-order chi connectivity index (χ0) is 17.8. The molecule has 0 fully saturated rings. The van der Waals surface area contributed by atoms with Gasteiger partial charge in [-0.3, -0.25) is 4.79 Å². The highest BCUT2D eigenvalue weighted by atomic mass is 35.5. The van der Waals surface area contributed by atoms with Crippen molar-refractivity contribution in [2.24, 2.45) is 0 Å². The van der Waals surface area contributed by atoms with Gasteiger partial charge in [0, 0.05) is 5.75 Å². The predicted molar refractivity (Wildman–Crippen MR) is 98.2 cm³/mol. The van der Waals surface area contributed by atoms with Crippen LogP contribution < -0.4 is 14.8 Å². The van der Waals surface area contributed by atoms with Crippen LogP contribution in [0.5, 0.6) is 11.5 Å². The van der Waals surface area contributed by atoms with E-state index in [9.17, 15) is 9.18 Å². The number of hydrogen-bond acceptors (Lipinski definition) is 4. The van der Waals surface area contributed by atoms with Crippen LogP contribution in [0.1, 0.15) is 12.5 Å². The molecule has 1 amide bonds. The average Bonchev–Trinajstić information content (AvgIpc) is 2.61. The number of nitrogens with one attached hydrogen (secondary N) is 1. The molecule has 1 aliphatic heterocycles. The van der Waals surface area contributed by atoms with Crippen molar-refractivity contribution in [3.8, 4) is 11.5 Å². The van der Waals surface area contributed by atoms with Crippen LogP contribution in [-0.4, -0.2) is 24.4 Å². The van der Waals surface area contributed by atoms with E-state index < -0.39 is 5.82 Å². The highest BCUT2D eigenvalue weighted by Crippen LogP contribution is 2.39. The fourth-order valence-corrected chi connectivity index (χ4v) is 3.45. The summed E-state index contributed by atoms with van der Waals surface area (Å²) in [5, 5.41) is 2.74. The largest absolute Gasteiger partial charge is 0.486 e. The lowest BCUT2D eigenvalue weighted by Gasteiger charge is -2.20. The summed E-state index contributed by atoms with van der Waals surface area (Å²) in [6.07, 6.45) is 0. The van der Waals surface area contributed by atoms with Crippen LogP contribution in [0, 0.1) is 5.82 Å². The normalized spacial score (nSPS) is 14.0. The van der Waals surface area contributed by atoms with Gasteiger partial charge in [0.2, 0.25) is 5.91 Å². The van der Waals surface area contributed by atoms with Crippen molar-refractivity contribution in [2.45, 2.75) is 17.9 Å². The Morgan fingerprint density at radius 3 is 2.88 bits per heavy atom. The number of carbonyl (C=O) groups is 1. The van der Waals surface area contributed by atoms with Gasteiger partial charge >= 0.3 is 0 Å². The third kappa shape index (κ3) is 4.38. The first-order valence-electron chi connectivity index (χ1n) is 7.79. The summed E-state index contributed by atoms with van der Waals surface area (Å²) in [5.41, 5.74) is 1.12. The zero-order valence-corrected chi connectivity index (χ0v) is 15.1. The van der Waals surface area contributed by atoms with Gasteiger partial charge in [-0.05, 0) is 36.8 Å². The van der Waals surface area contributed by atoms with Crippen molar-refractivity contribution in [1.29, 1.82) is 0 Å². The van der Waals surface area contributed by atoms with E-state index >= 15 is 0 Å². The number of fused-ring (bicyclic) bond motifs is 1. The van der Waals surface area contributed by atoms with E-state index in [0.29, 0.717) is 35.5 Å². The Morgan fingerprint density at radius 1 is 1.32 bits per heavy atom. The first-order valence-corrected chi connectivity index (χ1v) is 9.22. The van der Waals surface area contributed by atoms with E-state index in [0.717, 1.165) is 5.56 Å². The molecule has 7 heteroatoms. The van der Waals surface area contributed by atoms with Crippen LogP contribution >= 0.6 is 23.4 Å². The number of amides is 1. The van der Waals surface area contributed by atoms with E-state index in [1.807, 2.05) is 12.1 Å². The third-order valence-electron chi connectivity index (χ3n) is 3.66. The molecule has 1 heterocycles. The second-order valence-electron chi connectivity index (χ2n) is 5.52. The first kappa shape index (κ1) is 17.9. The highest BCUT2D eigenvalue weighted by molar-refractivity contribution is 7.99. The van der Waals surface area contributed by atoms with Crippen molar-refractivity contribution in [2.75, 3.05) is 18.5 Å². The second kappa shape index (κ2) is 7.97. The minimum Gasteiger partial charge on any atom is -0.486 e. The molecule has 1 aliphatic rings. The van der Waals surface area contributed by atoms with Gasteiger partial charge in [0.05, 0.1) is 16.0 Å². The second-order valence-corrected chi connectivity index (χ2v) is 7.26. The van der Waals surface area contributed by atoms with Gasteiger partial charge < -0.3 is 14.8 Å². The average molecular weight is 382 g/mol. The van der Waals surface area contributed by atoms with E-state index in [1.54, 1.807) is 19.1 Å². The zero-order valence-electron chi connectivity index (χ0n) is 13.6. The Bertz CT molecular complexity index is 787. The SMILES string of the molecule is CC(SCc1cc(Cl)c2c(c1)OCCO2)C(=O)Nc1ccccc1F. The van der Waals surface area contributed by atoms with Gasteiger partial charge in [0.15, 0.2) is 11.5 Å². The maximum atomic E-state index is 13.6. The summed E-state index contributed by atoms with van der Waals surface area (Å²) in [6, 6.07) is 9.77. The van der Waals surface area contributed by atoms with Crippen molar-refractivity contribution in [3.05, 3.63) is 52.8 Å². The van der Waals surface area contributed by atoms with Gasteiger partial charge in [0.25, 0.3) is 0 Å². The van der Waals surface area contributed by atoms with E-state index in [2.05, 4.69) is 5.32 Å². The minimum absolute atomic E-state index is 0.183. The standard InChI is InChI=1S/C18H17ClFNO3S/c1-11(18(22)21-15-5-3-2-4-14(15)20)25-10-12-8-13(19)17-16(9-12)23-6-7-24-17/h2-5,8-9,11H,6-7,10H2,1H3,(H,21,22). The lowest BCUT2D eigenvalue weighted by molar-refractivity contribution is -0.115. The third-order valence-corrected chi connectivity index (χ3v) is 5.15. The quantitative estimate of drug-likeness (QED) is 0.827. The Kier molecular flexibility index (Phi) is 5.71. The molecule has 0 saturated heterocycles. The molecular weight excluding hydrogens is 365 g/mol. The summed E-state index contributed by atoms with van der Waals surface area (Å²) in [7, 11) is 0. The number of benzene rings is 2. The fourth-order valence-electron chi connectivity index (χ4n) is 2.34. The molecule has 1 unspecified atom stereocenters. The number of anilines is 1. The van der Waals surface area contributed by atoms with Crippen LogP contribution in [-0.2, 0) is 10.5 Å². The Morgan fingerprint density at radius 2 is 2.08 bits per heavy atom. The van der Waals surface area contributed by atoms with Crippen LogP contribution in [0.25, 0.3) is 0 Å². The molecule has 2 aromatic carbocycles. The van der Waals surface area contributed by atoms with Crippen LogP contribution in [0.2, 0.25) is 5.02 Å². The summed E-state index contributed by atoms with van der Waals surface area (Å²) >= 11 is 7.65. The van der Waals surface area contributed by atoms with Crippen LogP contribution in [0.3, 0.4) is 0 Å². The van der Waals surface area contributed by atoms with Gasteiger partial charge in [-0.1, -0.05) is 23.7 Å². The number of thioether (sulfide) groups is 1. The summed E-state index contributed by atoms with van der Waals surface area (Å²) in [5.74, 6) is 1.05. The molecular formula is C18H17ClFNO3S. The number of halogens is 2. The monoisotopic (exact) mass is 381 g/mol. The molecule has 0 saturated carbocycles. The first-order chi connectivity index (χ1) is 12.0. The molecule has 1 N–H and O–H groups in total. The molecule has 132 valence electrons. The molecule has 1 atom stereocenters. The van der Waals surface area contributed by atoms with Gasteiger partial charge in [-0.15, -0.1) is 11.8 Å². The van der Waals surface area contributed by atoms with Crippen molar-refractivity contribution < 1.29 is 18.7 Å². The van der Waals surface area contributed by atoms with E-state index in [-0.39, 0.29) is 16.8 Å². The molecule has 0 radical (unpaired) electrons. The fraction of sp³-hybridized carbons (Fsp3) is 0.278. The molecule has 4 nitrogen and oxygen atoms in total. The lowest BCUT2D eigenvalue weighted by atomic mass is 10.2. The molecule has 0 aromatic heterocycles. The minimum atomic E-state index is -0.452. The maximum absolute atomic E-state index is 13.6. The molecule has 3 rings (SSSR count). The Hall–Kier alpha value is -1.92. The van der Waals surface area contributed by atoms with Crippen LogP contribution in [0.4, 0.5) is 10.1 Å². The number of rotatable bonds is 5.